The number of fused-ring (bicyclic) bond motifs is 3. The molecule has 0 radical (unpaired) electrons. The van der Waals surface area contributed by atoms with Crippen molar-refractivity contribution in [3.05, 3.63) is 76.8 Å². The number of nitrogens with zero attached hydrogens (tertiary/aromatic N) is 3. The third kappa shape index (κ3) is 2.77. The van der Waals surface area contributed by atoms with Crippen LogP contribution in [0.1, 0.15) is 11.7 Å². The third-order valence-electron chi connectivity index (χ3n) is 5.12. The monoisotopic (exact) mass is 402 g/mol. The second-order valence-corrected chi connectivity index (χ2v) is 7.47. The number of carbonyl (C=O) groups excluding carboxylic acids is 1. The van der Waals surface area contributed by atoms with Crippen molar-refractivity contribution in [3.63, 3.8) is 0 Å². The molecule has 1 unspecified atom stereocenters. The largest absolute Gasteiger partial charge is 0.496 e. The summed E-state index contributed by atoms with van der Waals surface area (Å²) in [5, 5.41) is 13.4. The molecule has 0 saturated carbocycles. The molecule has 7 heteroatoms. The van der Waals surface area contributed by atoms with E-state index in [1.165, 1.54) is 11.8 Å². The molecule has 2 heterocycles. The van der Waals surface area contributed by atoms with Crippen molar-refractivity contribution >= 4 is 39.3 Å². The van der Waals surface area contributed by atoms with Crippen molar-refractivity contribution < 1.29 is 9.53 Å². The van der Waals surface area contributed by atoms with Crippen LogP contribution in [0, 0.1) is 0 Å². The lowest BCUT2D eigenvalue weighted by atomic mass is 10.00. The first-order valence-corrected chi connectivity index (χ1v) is 10.4. The lowest BCUT2D eigenvalue weighted by molar-refractivity contribution is -0.116. The van der Waals surface area contributed by atoms with Crippen LogP contribution in [0.2, 0.25) is 0 Å². The van der Waals surface area contributed by atoms with Gasteiger partial charge in [0.05, 0.1) is 12.5 Å². The SMILES string of the molecule is COc1ccc(C2N=c3ccccc3=C3C(=O)NC(SC)=NN32)c2ccccc12. The maximum Gasteiger partial charge on any atom is 0.276 e. The normalized spacial score (nSPS) is 17.8. The van der Waals surface area contributed by atoms with E-state index in [-0.39, 0.29) is 5.91 Å². The van der Waals surface area contributed by atoms with Crippen LogP contribution >= 0.6 is 11.8 Å². The Bertz CT molecular complexity index is 1300. The van der Waals surface area contributed by atoms with E-state index >= 15 is 0 Å². The van der Waals surface area contributed by atoms with Crippen LogP contribution < -0.4 is 20.6 Å². The number of thioether (sulfide) groups is 1. The highest BCUT2D eigenvalue weighted by Crippen LogP contribution is 2.37. The fraction of sp³-hybridized carbons (Fsp3) is 0.136. The molecule has 0 spiro atoms. The van der Waals surface area contributed by atoms with Gasteiger partial charge in [-0.2, -0.15) is 0 Å². The minimum absolute atomic E-state index is 0.172. The zero-order valence-electron chi connectivity index (χ0n) is 15.9. The molecule has 6 nitrogen and oxygen atoms in total. The lowest BCUT2D eigenvalue weighted by Crippen LogP contribution is -2.50. The van der Waals surface area contributed by atoms with E-state index in [4.69, 9.17) is 14.8 Å². The number of amides is 1. The molecule has 0 fully saturated rings. The van der Waals surface area contributed by atoms with E-state index in [0.717, 1.165) is 32.7 Å². The van der Waals surface area contributed by atoms with Crippen LogP contribution in [0.15, 0.2) is 70.8 Å². The summed E-state index contributed by atoms with van der Waals surface area (Å²) in [6.07, 6.45) is 1.43. The van der Waals surface area contributed by atoms with Gasteiger partial charge in [-0.05, 0) is 23.8 Å². The second-order valence-electron chi connectivity index (χ2n) is 6.68. The molecule has 3 aromatic carbocycles. The van der Waals surface area contributed by atoms with E-state index in [9.17, 15) is 4.79 Å². The lowest BCUT2D eigenvalue weighted by Gasteiger charge is -2.34. The molecule has 144 valence electrons. The van der Waals surface area contributed by atoms with Crippen molar-refractivity contribution in [1.29, 1.82) is 0 Å². The summed E-state index contributed by atoms with van der Waals surface area (Å²) in [4.78, 5) is 17.9. The van der Waals surface area contributed by atoms with Crippen LogP contribution in [0.5, 0.6) is 5.75 Å². The zero-order valence-corrected chi connectivity index (χ0v) is 16.7. The number of rotatable bonds is 2. The van der Waals surface area contributed by atoms with Gasteiger partial charge in [0.25, 0.3) is 5.91 Å². The van der Waals surface area contributed by atoms with Gasteiger partial charge in [-0.25, -0.2) is 5.01 Å². The van der Waals surface area contributed by atoms with Crippen molar-refractivity contribution in [2.45, 2.75) is 6.17 Å². The molecule has 1 atom stereocenters. The van der Waals surface area contributed by atoms with Gasteiger partial charge in [-0.15, -0.1) is 5.10 Å². The molecule has 0 aliphatic carbocycles. The van der Waals surface area contributed by atoms with E-state index < -0.39 is 6.17 Å². The zero-order chi connectivity index (χ0) is 20.0. The first-order chi connectivity index (χ1) is 14.2. The molecule has 5 rings (SSSR count). The van der Waals surface area contributed by atoms with Gasteiger partial charge in [0.2, 0.25) is 0 Å². The molecule has 0 aromatic heterocycles. The van der Waals surface area contributed by atoms with Crippen LogP contribution in [0.3, 0.4) is 0 Å². The number of hydrogen-bond donors (Lipinski definition) is 1. The van der Waals surface area contributed by atoms with Crippen molar-refractivity contribution in [1.82, 2.24) is 10.3 Å². The number of hydrogen-bond acceptors (Lipinski definition) is 6. The number of methoxy groups -OCH3 is 1. The molecule has 0 bridgehead atoms. The van der Waals surface area contributed by atoms with Crippen LogP contribution in [0.25, 0.3) is 16.5 Å². The first-order valence-electron chi connectivity index (χ1n) is 9.17. The predicted molar refractivity (Wildman–Crippen MR) is 115 cm³/mol. The first kappa shape index (κ1) is 17.8. The van der Waals surface area contributed by atoms with Crippen molar-refractivity contribution in [2.75, 3.05) is 13.4 Å². The minimum Gasteiger partial charge on any atom is -0.496 e. The summed E-state index contributed by atoms with van der Waals surface area (Å²) >= 11 is 1.39. The Kier molecular flexibility index (Phi) is 4.24. The fourth-order valence-corrected chi connectivity index (χ4v) is 4.18. The van der Waals surface area contributed by atoms with Gasteiger partial charge >= 0.3 is 0 Å². The second kappa shape index (κ2) is 6.93. The standard InChI is InChI=1S/C22H18N4O2S/c1-28-18-12-11-15(13-7-3-4-8-14(13)18)20-23-17-10-6-5-9-16(17)19-21(27)24-22(29-2)25-26(19)20/h3-12,20H,1-2H3,(H,24,25,27). The van der Waals surface area contributed by atoms with Crippen LogP contribution in [0.4, 0.5) is 0 Å². The van der Waals surface area contributed by atoms with Crippen molar-refractivity contribution in [3.8, 4) is 5.75 Å². The van der Waals surface area contributed by atoms with Crippen LogP contribution in [-0.2, 0) is 4.79 Å². The average Bonchev–Trinajstić information content (AvgIpc) is 2.77. The minimum atomic E-state index is -0.455. The number of carbonyl (C=O) groups is 1. The number of nitrogens with one attached hydrogen (secondary N) is 1. The smallest absolute Gasteiger partial charge is 0.276 e. The maximum atomic E-state index is 13.0. The van der Waals surface area contributed by atoms with E-state index in [1.807, 2.05) is 66.9 Å². The van der Waals surface area contributed by atoms with Gasteiger partial charge in [0.15, 0.2) is 11.3 Å². The summed E-state index contributed by atoms with van der Waals surface area (Å²) in [6.45, 7) is 0. The Labute approximate surface area is 171 Å². The average molecular weight is 402 g/mol. The quantitative estimate of drug-likeness (QED) is 0.715. The predicted octanol–water partition coefficient (Wildman–Crippen LogP) is 2.35. The van der Waals surface area contributed by atoms with E-state index in [0.29, 0.717) is 10.9 Å². The number of benzene rings is 3. The molecule has 2 aliphatic heterocycles. The van der Waals surface area contributed by atoms with Crippen molar-refractivity contribution in [2.24, 2.45) is 10.1 Å². The molecule has 1 N–H and O–H groups in total. The number of para-hydroxylation sites is 1. The summed E-state index contributed by atoms with van der Waals surface area (Å²) < 4.78 is 5.54. The Morgan fingerprint density at radius 2 is 1.79 bits per heavy atom. The maximum absolute atomic E-state index is 13.0. The van der Waals surface area contributed by atoms with Gasteiger partial charge in [0, 0.05) is 16.2 Å². The van der Waals surface area contributed by atoms with Gasteiger partial charge in [0.1, 0.15) is 11.4 Å². The Morgan fingerprint density at radius 1 is 1.03 bits per heavy atom. The Balaban J connectivity index is 1.82. The highest BCUT2D eigenvalue weighted by atomic mass is 32.2. The number of amidine groups is 1. The van der Waals surface area contributed by atoms with Gasteiger partial charge < -0.3 is 4.74 Å². The van der Waals surface area contributed by atoms with Gasteiger partial charge in [-0.1, -0.05) is 60.3 Å². The third-order valence-corrected chi connectivity index (χ3v) is 5.70. The molecule has 29 heavy (non-hydrogen) atoms. The molecule has 2 aliphatic rings. The topological polar surface area (TPSA) is 66.3 Å². The summed E-state index contributed by atoms with van der Waals surface area (Å²) in [5.41, 5.74) is 1.48. The highest BCUT2D eigenvalue weighted by Gasteiger charge is 2.34. The number of ether oxygens (including phenoxy) is 1. The summed E-state index contributed by atoms with van der Waals surface area (Å²) in [7, 11) is 1.67. The molecule has 0 saturated heterocycles. The Hall–Kier alpha value is -3.32. The summed E-state index contributed by atoms with van der Waals surface area (Å²) in [5.74, 6) is 0.629. The molecular weight excluding hydrogens is 384 g/mol. The highest BCUT2D eigenvalue weighted by molar-refractivity contribution is 8.13. The molecule has 3 aromatic rings. The van der Waals surface area contributed by atoms with Crippen LogP contribution in [-0.4, -0.2) is 29.4 Å². The molecular formula is C22H18N4O2S. The Morgan fingerprint density at radius 3 is 2.59 bits per heavy atom. The molecule has 1 amide bonds. The van der Waals surface area contributed by atoms with E-state index in [1.54, 1.807) is 12.1 Å². The number of hydrazone groups is 1. The summed E-state index contributed by atoms with van der Waals surface area (Å²) in [6, 6.07) is 19.7. The fourth-order valence-electron chi connectivity index (χ4n) is 3.82. The van der Waals surface area contributed by atoms with E-state index in [2.05, 4.69) is 5.32 Å². The van der Waals surface area contributed by atoms with Gasteiger partial charge in [-0.3, -0.25) is 15.1 Å².